The minimum absolute atomic E-state index is 0.000888. The molecule has 8 heteroatoms. The van der Waals surface area contributed by atoms with Gasteiger partial charge in [-0.25, -0.2) is 4.98 Å². The number of ketones is 2. The number of methoxy groups -OCH3 is 1. The fraction of sp³-hybridized carbons (Fsp3) is 0.385. The molecule has 1 saturated heterocycles. The van der Waals surface area contributed by atoms with Gasteiger partial charge in [-0.3, -0.25) is 14.4 Å². The van der Waals surface area contributed by atoms with Crippen LogP contribution >= 0.6 is 11.3 Å². The Kier molecular flexibility index (Phi) is 3.56. The summed E-state index contributed by atoms with van der Waals surface area (Å²) in [5.41, 5.74) is 0.000888. The van der Waals surface area contributed by atoms with Gasteiger partial charge in [0.05, 0.1) is 20.3 Å². The van der Waals surface area contributed by atoms with E-state index in [1.54, 1.807) is 4.90 Å². The van der Waals surface area contributed by atoms with Crippen LogP contribution in [0.3, 0.4) is 0 Å². The number of ether oxygens (including phenoxy) is 2. The summed E-state index contributed by atoms with van der Waals surface area (Å²) in [6.07, 6.45) is 1.13. The van der Waals surface area contributed by atoms with Crippen LogP contribution in [0.5, 0.6) is 0 Å². The van der Waals surface area contributed by atoms with Crippen LogP contribution in [0.25, 0.3) is 0 Å². The molecule has 1 amide bonds. The molecular weight excluding hydrogens is 296 g/mol. The number of carbonyl (C=O) groups excluding carboxylic acids is 3. The van der Waals surface area contributed by atoms with Gasteiger partial charge in [0.15, 0.2) is 10.8 Å². The van der Waals surface area contributed by atoms with Crippen molar-refractivity contribution in [3.8, 4) is 0 Å². The van der Waals surface area contributed by atoms with E-state index in [0.29, 0.717) is 26.3 Å². The zero-order valence-corrected chi connectivity index (χ0v) is 12.1. The highest BCUT2D eigenvalue weighted by Crippen LogP contribution is 2.27. The normalized spacial score (nSPS) is 18.3. The summed E-state index contributed by atoms with van der Waals surface area (Å²) < 4.78 is 10.0. The van der Waals surface area contributed by atoms with E-state index in [1.807, 2.05) is 0 Å². The Balaban J connectivity index is 1.91. The van der Waals surface area contributed by atoms with E-state index in [4.69, 9.17) is 9.47 Å². The lowest BCUT2D eigenvalue weighted by atomic mass is 10.1. The number of thiazole rings is 1. The van der Waals surface area contributed by atoms with Crippen molar-refractivity contribution < 1.29 is 23.9 Å². The number of morpholine rings is 1. The lowest BCUT2D eigenvalue weighted by Gasteiger charge is -2.25. The lowest BCUT2D eigenvalue weighted by Crippen LogP contribution is -2.40. The van der Waals surface area contributed by atoms with E-state index in [1.165, 1.54) is 7.11 Å². The summed E-state index contributed by atoms with van der Waals surface area (Å²) in [4.78, 5) is 42.2. The maximum absolute atomic E-state index is 12.3. The summed E-state index contributed by atoms with van der Waals surface area (Å²) in [7, 11) is 1.31. The van der Waals surface area contributed by atoms with Crippen molar-refractivity contribution in [2.75, 3.05) is 33.4 Å². The number of amides is 1. The van der Waals surface area contributed by atoms with E-state index < -0.39 is 5.78 Å². The molecule has 0 saturated carbocycles. The van der Waals surface area contributed by atoms with E-state index in [0.717, 1.165) is 17.4 Å². The number of hydrogen-bond acceptors (Lipinski definition) is 7. The first-order valence-corrected chi connectivity index (χ1v) is 7.16. The number of rotatable bonds is 2. The first-order valence-electron chi connectivity index (χ1n) is 6.34. The third kappa shape index (κ3) is 2.36. The monoisotopic (exact) mass is 308 g/mol. The highest BCUT2D eigenvalue weighted by atomic mass is 32.1. The van der Waals surface area contributed by atoms with Gasteiger partial charge >= 0.3 is 0 Å². The van der Waals surface area contributed by atoms with Crippen LogP contribution in [0.1, 0.15) is 30.0 Å². The molecule has 0 aromatic carbocycles. The van der Waals surface area contributed by atoms with Gasteiger partial charge in [0.1, 0.15) is 10.6 Å². The van der Waals surface area contributed by atoms with Crippen LogP contribution in [-0.2, 0) is 9.47 Å². The van der Waals surface area contributed by atoms with Gasteiger partial charge in [-0.15, -0.1) is 11.3 Å². The number of allylic oxidation sites excluding steroid dienone is 2. The lowest BCUT2D eigenvalue weighted by molar-refractivity contribution is 0.0302. The Morgan fingerprint density at radius 2 is 2.10 bits per heavy atom. The smallest absolute Gasteiger partial charge is 0.283 e. The molecule has 110 valence electrons. The summed E-state index contributed by atoms with van der Waals surface area (Å²) in [6.45, 7) is 1.91. The van der Waals surface area contributed by atoms with Crippen LogP contribution < -0.4 is 0 Å². The van der Waals surface area contributed by atoms with Crippen molar-refractivity contribution in [3.05, 3.63) is 27.4 Å². The molecule has 1 aliphatic heterocycles. The predicted octanol–water partition coefficient (Wildman–Crippen LogP) is 0.525. The minimum Gasteiger partial charge on any atom is -0.492 e. The molecule has 0 spiro atoms. The molecule has 3 rings (SSSR count). The van der Waals surface area contributed by atoms with Crippen LogP contribution in [0.4, 0.5) is 0 Å². The molecule has 1 fully saturated rings. The minimum atomic E-state index is -0.468. The molecule has 2 aliphatic rings. The average molecular weight is 308 g/mol. The predicted molar refractivity (Wildman–Crippen MR) is 72.6 cm³/mol. The van der Waals surface area contributed by atoms with Gasteiger partial charge in [-0.1, -0.05) is 0 Å². The van der Waals surface area contributed by atoms with Crippen molar-refractivity contribution >= 4 is 28.8 Å². The Bertz CT molecular complexity index is 658. The maximum atomic E-state index is 12.3. The Labute approximate surface area is 124 Å². The Morgan fingerprint density at radius 3 is 2.76 bits per heavy atom. The first-order chi connectivity index (χ1) is 10.1. The second-order valence-electron chi connectivity index (χ2n) is 4.51. The summed E-state index contributed by atoms with van der Waals surface area (Å²) in [5, 5.41) is 0.148. The molecule has 0 atom stereocenters. The highest BCUT2D eigenvalue weighted by Gasteiger charge is 2.33. The number of nitrogens with zero attached hydrogens (tertiary/aromatic N) is 2. The van der Waals surface area contributed by atoms with Gasteiger partial charge in [0.2, 0.25) is 11.6 Å². The Hall–Kier alpha value is -2.06. The number of carbonyl (C=O) groups is 3. The molecule has 1 aliphatic carbocycles. The second-order valence-corrected chi connectivity index (χ2v) is 5.51. The van der Waals surface area contributed by atoms with Gasteiger partial charge in [-0.2, -0.15) is 0 Å². The fourth-order valence-corrected chi connectivity index (χ4v) is 3.09. The van der Waals surface area contributed by atoms with Crippen molar-refractivity contribution in [1.82, 2.24) is 9.88 Å². The van der Waals surface area contributed by atoms with Crippen LogP contribution in [0.15, 0.2) is 11.8 Å². The molecule has 1 aromatic heterocycles. The number of hydrogen-bond donors (Lipinski definition) is 0. The van der Waals surface area contributed by atoms with Crippen molar-refractivity contribution in [1.29, 1.82) is 0 Å². The van der Waals surface area contributed by atoms with Gasteiger partial charge in [0, 0.05) is 19.2 Å². The molecule has 21 heavy (non-hydrogen) atoms. The molecule has 0 radical (unpaired) electrons. The van der Waals surface area contributed by atoms with E-state index in [9.17, 15) is 14.4 Å². The largest absolute Gasteiger partial charge is 0.492 e. The van der Waals surface area contributed by atoms with E-state index >= 15 is 0 Å². The topological polar surface area (TPSA) is 85.8 Å². The van der Waals surface area contributed by atoms with E-state index in [2.05, 4.69) is 4.98 Å². The molecule has 2 heterocycles. The highest BCUT2D eigenvalue weighted by molar-refractivity contribution is 7.16. The molecule has 1 aromatic rings. The molecule has 7 nitrogen and oxygen atoms in total. The molecule has 0 N–H and O–H groups in total. The average Bonchev–Trinajstić information content (AvgIpc) is 2.97. The van der Waals surface area contributed by atoms with Crippen molar-refractivity contribution in [3.63, 3.8) is 0 Å². The molecular formula is C13H12N2O5S. The first kappa shape index (κ1) is 13.9. The summed E-state index contributed by atoms with van der Waals surface area (Å²) in [6, 6.07) is 0. The second kappa shape index (κ2) is 5.38. The maximum Gasteiger partial charge on any atom is 0.283 e. The molecule has 0 unspecified atom stereocenters. The zero-order valence-electron chi connectivity index (χ0n) is 11.2. The fourth-order valence-electron chi connectivity index (χ4n) is 2.15. The third-order valence-corrected chi connectivity index (χ3v) is 4.31. The summed E-state index contributed by atoms with van der Waals surface area (Å²) in [5.74, 6) is -1.16. The quantitative estimate of drug-likeness (QED) is 0.792. The third-order valence-electron chi connectivity index (χ3n) is 3.25. The summed E-state index contributed by atoms with van der Waals surface area (Å²) >= 11 is 0.948. The number of Topliss-reactive ketones (excluding diaryl/α,β-unsaturated/α-hetero) is 1. The standard InChI is InChI=1S/C13H12N2O5S/c1-19-8-6-7(16)11-9(10(8)17)14-12(21-11)13(18)15-2-4-20-5-3-15/h6H,2-5H2,1H3. The Morgan fingerprint density at radius 1 is 1.38 bits per heavy atom. The number of fused-ring (bicyclic) bond motifs is 1. The van der Waals surface area contributed by atoms with Crippen LogP contribution in [-0.4, -0.2) is 60.8 Å². The number of aromatic nitrogens is 1. The molecule has 0 bridgehead atoms. The van der Waals surface area contributed by atoms with Crippen LogP contribution in [0.2, 0.25) is 0 Å². The van der Waals surface area contributed by atoms with Crippen molar-refractivity contribution in [2.24, 2.45) is 0 Å². The van der Waals surface area contributed by atoms with Crippen molar-refractivity contribution in [2.45, 2.75) is 0 Å². The van der Waals surface area contributed by atoms with Gasteiger partial charge in [-0.05, 0) is 0 Å². The van der Waals surface area contributed by atoms with Crippen LogP contribution in [0, 0.1) is 0 Å². The van der Waals surface area contributed by atoms with E-state index in [-0.39, 0.29) is 33.0 Å². The zero-order chi connectivity index (χ0) is 15.0. The van der Waals surface area contributed by atoms with Gasteiger partial charge < -0.3 is 14.4 Å². The SMILES string of the molecule is COC1=CC(=O)c2sc(C(=O)N3CCOCC3)nc2C1=O. The van der Waals surface area contributed by atoms with Gasteiger partial charge in [0.25, 0.3) is 5.91 Å².